The highest BCUT2D eigenvalue weighted by atomic mass is 16.5. The highest BCUT2D eigenvalue weighted by Gasteiger charge is 2.43. The largest absolute Gasteiger partial charge is 0.485 e. The van der Waals surface area contributed by atoms with Crippen LogP contribution in [0.15, 0.2) is 42.7 Å². The molecule has 2 aliphatic rings. The fourth-order valence-electron chi connectivity index (χ4n) is 3.76. The van der Waals surface area contributed by atoms with Crippen LogP contribution in [-0.2, 0) is 0 Å². The van der Waals surface area contributed by atoms with Gasteiger partial charge in [0.1, 0.15) is 11.9 Å². The number of urea groups is 1. The van der Waals surface area contributed by atoms with E-state index < -0.39 is 0 Å². The minimum Gasteiger partial charge on any atom is -0.485 e. The Morgan fingerprint density at radius 3 is 2.79 bits per heavy atom. The smallest absolute Gasteiger partial charge is 0.317 e. The number of nitrogens with zero attached hydrogens (tertiary/aromatic N) is 3. The van der Waals surface area contributed by atoms with Gasteiger partial charge < -0.3 is 19.9 Å². The normalized spacial score (nSPS) is 21.1. The summed E-state index contributed by atoms with van der Waals surface area (Å²) in [5.74, 6) is 0.461. The van der Waals surface area contributed by atoms with Crippen molar-refractivity contribution >= 4 is 11.9 Å². The first kappa shape index (κ1) is 18.3. The number of rotatable bonds is 2. The second kappa shape index (κ2) is 7.14. The van der Waals surface area contributed by atoms with E-state index in [1.165, 1.54) is 0 Å². The van der Waals surface area contributed by atoms with Crippen LogP contribution >= 0.6 is 0 Å². The lowest BCUT2D eigenvalue weighted by Crippen LogP contribution is -2.45. The molecule has 0 bridgehead atoms. The zero-order valence-corrected chi connectivity index (χ0v) is 16.3. The Morgan fingerprint density at radius 2 is 2.07 bits per heavy atom. The van der Waals surface area contributed by atoms with Crippen LogP contribution in [0, 0.1) is 0 Å². The average Bonchev–Trinajstić information content (AvgIpc) is 3.07. The van der Waals surface area contributed by atoms with Crippen LogP contribution in [-0.4, -0.2) is 65.0 Å². The molecule has 2 aliphatic heterocycles. The van der Waals surface area contributed by atoms with Crippen LogP contribution in [0.4, 0.5) is 4.79 Å². The highest BCUT2D eigenvalue weighted by Crippen LogP contribution is 2.34. The number of nitrogens with one attached hydrogen (secondary N) is 1. The molecule has 0 saturated carbocycles. The van der Waals surface area contributed by atoms with Crippen molar-refractivity contribution in [3.05, 3.63) is 48.3 Å². The molecule has 3 amide bonds. The SMILES string of the molecule is CC(C)NC(=O)N1C[C@@H]2Oc3cc(-c4cccnc4)ccc3C(=O)N(C)[C@@H]2C1. The van der Waals surface area contributed by atoms with Crippen molar-refractivity contribution in [2.24, 2.45) is 0 Å². The van der Waals surface area contributed by atoms with E-state index in [-0.39, 0.29) is 30.1 Å². The third kappa shape index (κ3) is 3.28. The zero-order valence-electron chi connectivity index (χ0n) is 16.3. The van der Waals surface area contributed by atoms with Gasteiger partial charge in [0.15, 0.2) is 0 Å². The molecule has 1 N–H and O–H groups in total. The van der Waals surface area contributed by atoms with E-state index in [0.717, 1.165) is 11.1 Å². The quantitative estimate of drug-likeness (QED) is 0.868. The lowest BCUT2D eigenvalue weighted by molar-refractivity contribution is 0.0682. The Hall–Kier alpha value is -3.09. The Balaban J connectivity index is 1.63. The van der Waals surface area contributed by atoms with Crippen molar-refractivity contribution in [2.45, 2.75) is 32.0 Å². The lowest BCUT2D eigenvalue weighted by atomic mass is 10.0. The van der Waals surface area contributed by atoms with E-state index >= 15 is 0 Å². The van der Waals surface area contributed by atoms with Crippen molar-refractivity contribution < 1.29 is 14.3 Å². The van der Waals surface area contributed by atoms with E-state index in [0.29, 0.717) is 24.4 Å². The van der Waals surface area contributed by atoms with Crippen LogP contribution in [0.5, 0.6) is 5.75 Å². The number of fused-ring (bicyclic) bond motifs is 2. The molecule has 0 unspecified atom stereocenters. The fourth-order valence-corrected chi connectivity index (χ4v) is 3.76. The Bertz CT molecular complexity index is 900. The van der Waals surface area contributed by atoms with E-state index in [2.05, 4.69) is 10.3 Å². The van der Waals surface area contributed by atoms with Gasteiger partial charge in [0.2, 0.25) is 0 Å². The van der Waals surface area contributed by atoms with Crippen LogP contribution in [0.25, 0.3) is 11.1 Å². The van der Waals surface area contributed by atoms with Gasteiger partial charge in [-0.15, -0.1) is 0 Å². The summed E-state index contributed by atoms with van der Waals surface area (Å²) < 4.78 is 6.26. The molecule has 1 fully saturated rings. The molecular weight excluding hydrogens is 356 g/mol. The maximum Gasteiger partial charge on any atom is 0.317 e. The predicted molar refractivity (Wildman–Crippen MR) is 105 cm³/mol. The molecule has 28 heavy (non-hydrogen) atoms. The number of aromatic nitrogens is 1. The zero-order chi connectivity index (χ0) is 19.8. The van der Waals surface area contributed by atoms with Gasteiger partial charge in [-0.1, -0.05) is 12.1 Å². The van der Waals surface area contributed by atoms with Gasteiger partial charge in [-0.25, -0.2) is 4.79 Å². The third-order valence-corrected chi connectivity index (χ3v) is 5.24. The van der Waals surface area contributed by atoms with Gasteiger partial charge in [0, 0.05) is 37.6 Å². The summed E-state index contributed by atoms with van der Waals surface area (Å²) in [6, 6.07) is 9.19. The van der Waals surface area contributed by atoms with Gasteiger partial charge in [0.25, 0.3) is 5.91 Å². The molecule has 1 saturated heterocycles. The molecule has 0 aliphatic carbocycles. The van der Waals surface area contributed by atoms with Crippen molar-refractivity contribution in [1.29, 1.82) is 0 Å². The Morgan fingerprint density at radius 1 is 1.25 bits per heavy atom. The van der Waals surface area contributed by atoms with Crippen LogP contribution in [0.1, 0.15) is 24.2 Å². The number of pyridine rings is 1. The predicted octanol–water partition coefficient (Wildman–Crippen LogP) is 2.38. The number of ether oxygens (including phenoxy) is 1. The molecule has 2 atom stereocenters. The van der Waals surface area contributed by atoms with Gasteiger partial charge >= 0.3 is 6.03 Å². The summed E-state index contributed by atoms with van der Waals surface area (Å²) in [5.41, 5.74) is 2.44. The maximum absolute atomic E-state index is 13.0. The summed E-state index contributed by atoms with van der Waals surface area (Å²) in [6.07, 6.45) is 3.24. The molecule has 2 aromatic rings. The van der Waals surface area contributed by atoms with Gasteiger partial charge in [-0.3, -0.25) is 9.78 Å². The molecule has 1 aromatic heterocycles. The molecule has 1 aromatic carbocycles. The van der Waals surface area contributed by atoms with Gasteiger partial charge in [0.05, 0.1) is 18.2 Å². The molecule has 0 radical (unpaired) electrons. The van der Waals surface area contributed by atoms with Crippen molar-refractivity contribution in [3.63, 3.8) is 0 Å². The topological polar surface area (TPSA) is 74.8 Å². The molecule has 146 valence electrons. The number of carbonyl (C=O) groups is 2. The summed E-state index contributed by atoms with van der Waals surface area (Å²) in [5, 5.41) is 2.91. The van der Waals surface area contributed by atoms with Gasteiger partial charge in [-0.2, -0.15) is 0 Å². The first-order valence-electron chi connectivity index (χ1n) is 9.47. The minimum atomic E-state index is -0.266. The summed E-state index contributed by atoms with van der Waals surface area (Å²) >= 11 is 0. The van der Waals surface area contributed by atoms with E-state index in [1.807, 2.05) is 38.1 Å². The monoisotopic (exact) mass is 380 g/mol. The summed E-state index contributed by atoms with van der Waals surface area (Å²) in [6.45, 7) is 4.75. The summed E-state index contributed by atoms with van der Waals surface area (Å²) in [7, 11) is 1.78. The minimum absolute atomic E-state index is 0.0564. The van der Waals surface area contributed by atoms with Crippen molar-refractivity contribution in [3.8, 4) is 16.9 Å². The summed E-state index contributed by atoms with van der Waals surface area (Å²) in [4.78, 5) is 33.0. The number of likely N-dealkylation sites (tertiary alicyclic amines) is 1. The number of carbonyl (C=O) groups excluding carboxylic acids is 2. The number of amides is 3. The van der Waals surface area contributed by atoms with E-state index in [1.54, 1.807) is 35.3 Å². The average molecular weight is 380 g/mol. The van der Waals surface area contributed by atoms with Crippen LogP contribution in [0.3, 0.4) is 0 Å². The third-order valence-electron chi connectivity index (χ3n) is 5.24. The van der Waals surface area contributed by atoms with E-state index in [9.17, 15) is 9.59 Å². The fraction of sp³-hybridized carbons (Fsp3) is 0.381. The number of likely N-dealkylation sites (N-methyl/N-ethyl adjacent to an activating group) is 1. The maximum atomic E-state index is 13.0. The molecule has 7 nitrogen and oxygen atoms in total. The molecule has 3 heterocycles. The molecule has 0 spiro atoms. The first-order valence-corrected chi connectivity index (χ1v) is 9.47. The Labute approximate surface area is 164 Å². The van der Waals surface area contributed by atoms with Crippen molar-refractivity contribution in [2.75, 3.05) is 20.1 Å². The van der Waals surface area contributed by atoms with Crippen molar-refractivity contribution in [1.82, 2.24) is 20.1 Å². The second-order valence-electron chi connectivity index (χ2n) is 7.60. The van der Waals surface area contributed by atoms with E-state index in [4.69, 9.17) is 4.74 Å². The number of hydrogen-bond donors (Lipinski definition) is 1. The second-order valence-corrected chi connectivity index (χ2v) is 7.60. The molecular formula is C21H24N4O3. The highest BCUT2D eigenvalue weighted by molar-refractivity contribution is 5.98. The number of benzene rings is 1. The number of hydrogen-bond acceptors (Lipinski definition) is 4. The van der Waals surface area contributed by atoms with Gasteiger partial charge in [-0.05, 0) is 37.6 Å². The van der Waals surface area contributed by atoms with Crippen LogP contribution in [0.2, 0.25) is 0 Å². The lowest BCUT2D eigenvalue weighted by Gasteiger charge is -2.25. The molecule has 4 rings (SSSR count). The van der Waals surface area contributed by atoms with Crippen LogP contribution < -0.4 is 10.1 Å². The molecule has 7 heteroatoms. The Kier molecular flexibility index (Phi) is 4.66. The first-order chi connectivity index (χ1) is 13.4. The standard InChI is InChI=1S/C21H24N4O3/c1-13(2)23-21(27)25-11-17-19(12-25)28-18-9-14(15-5-4-8-22-10-15)6-7-16(18)20(26)24(17)3/h4-10,13,17,19H,11-12H2,1-3H3,(H,23,27)/t17-,19+/m1/s1.